The van der Waals surface area contributed by atoms with Crippen LogP contribution in [-0.4, -0.2) is 46.5 Å². The lowest BCUT2D eigenvalue weighted by Gasteiger charge is -2.26. The summed E-state index contributed by atoms with van der Waals surface area (Å²) in [5.41, 5.74) is -0.131. The van der Waals surface area contributed by atoms with E-state index in [1.54, 1.807) is 19.1 Å². The van der Waals surface area contributed by atoms with Crippen molar-refractivity contribution in [3.05, 3.63) is 34.7 Å². The molecule has 144 valence electrons. The van der Waals surface area contributed by atoms with E-state index in [1.807, 2.05) is 0 Å². The summed E-state index contributed by atoms with van der Waals surface area (Å²) in [7, 11) is 0. The van der Waals surface area contributed by atoms with Crippen LogP contribution in [0.2, 0.25) is 0 Å². The van der Waals surface area contributed by atoms with E-state index < -0.39 is 17.3 Å². The summed E-state index contributed by atoms with van der Waals surface area (Å²) in [5.74, 6) is -0.500. The second-order valence-electron chi connectivity index (χ2n) is 7.31. The molecule has 2 aromatic heterocycles. The van der Waals surface area contributed by atoms with Gasteiger partial charge < -0.3 is 25.2 Å². The quantitative estimate of drug-likeness (QED) is 0.496. The number of aliphatic hydroxyl groups excluding tert-OH is 2. The van der Waals surface area contributed by atoms with Crippen molar-refractivity contribution in [3.8, 4) is 17.4 Å². The highest BCUT2D eigenvalue weighted by Crippen LogP contribution is 2.65. The van der Waals surface area contributed by atoms with Crippen LogP contribution in [0.25, 0.3) is 21.6 Å². The highest BCUT2D eigenvalue weighted by atomic mass is 32.1. The Balaban J connectivity index is 1.82. The Bertz CT molecular complexity index is 1180. The number of nitrogens with zero attached hydrogens (tertiary/aromatic N) is 4. The topological polar surface area (TPSA) is 125 Å². The van der Waals surface area contributed by atoms with Gasteiger partial charge >= 0.3 is 0 Å². The molecule has 0 spiro atoms. The Morgan fingerprint density at radius 2 is 2.00 bits per heavy atom. The molecule has 28 heavy (non-hydrogen) atoms. The molecule has 5 rings (SSSR count). The van der Waals surface area contributed by atoms with Crippen LogP contribution in [0.15, 0.2) is 12.1 Å². The van der Waals surface area contributed by atoms with Gasteiger partial charge in [-0.3, -0.25) is 0 Å². The molecule has 4 heterocycles. The van der Waals surface area contributed by atoms with Crippen molar-refractivity contribution in [2.24, 2.45) is 0 Å². The molecule has 9 nitrogen and oxygen atoms in total. The Kier molecular flexibility index (Phi) is 3.37. The molecule has 0 amide bonds. The lowest BCUT2D eigenvalue weighted by molar-refractivity contribution is -0.108. The molecule has 2 aliphatic rings. The molecule has 1 fully saturated rings. The fraction of sp³-hybridized carbons (Fsp3) is 0.389. The molecule has 3 aromatic rings. The van der Waals surface area contributed by atoms with Crippen LogP contribution in [0.4, 0.5) is 5.69 Å². The van der Waals surface area contributed by atoms with Gasteiger partial charge in [0.15, 0.2) is 0 Å². The van der Waals surface area contributed by atoms with Gasteiger partial charge in [0.25, 0.3) is 0 Å². The molecular weight excluding hydrogens is 384 g/mol. The predicted molar refractivity (Wildman–Crippen MR) is 98.8 cm³/mol. The van der Waals surface area contributed by atoms with E-state index >= 15 is 0 Å². The number of hydrogen-bond acceptors (Lipinski definition) is 8. The first-order valence-electron chi connectivity index (χ1n) is 8.67. The molecule has 10 heteroatoms. The van der Waals surface area contributed by atoms with Gasteiger partial charge in [-0.2, -0.15) is 8.75 Å². The SMILES string of the molecule is [C-]#[N+]c1ccc(-n2c(O)c3c(c2O)C2(C)OC3(CCO)C[C@H]2O)c2nsnc12. The van der Waals surface area contributed by atoms with Gasteiger partial charge in [0.1, 0.15) is 22.2 Å². The largest absolute Gasteiger partial charge is 0.494 e. The van der Waals surface area contributed by atoms with Crippen LogP contribution in [0, 0.1) is 6.57 Å². The predicted octanol–water partition coefficient (Wildman–Crippen LogP) is 2.03. The fourth-order valence-corrected chi connectivity index (χ4v) is 5.20. The van der Waals surface area contributed by atoms with E-state index in [0.29, 0.717) is 33.5 Å². The Hall–Kier alpha value is -2.71. The zero-order valence-corrected chi connectivity index (χ0v) is 15.6. The van der Waals surface area contributed by atoms with Crippen molar-refractivity contribution >= 4 is 28.4 Å². The van der Waals surface area contributed by atoms with E-state index in [9.17, 15) is 20.4 Å². The highest BCUT2D eigenvalue weighted by molar-refractivity contribution is 7.00. The Labute approximate surface area is 163 Å². The van der Waals surface area contributed by atoms with E-state index in [2.05, 4.69) is 13.6 Å². The van der Waals surface area contributed by atoms with E-state index in [4.69, 9.17) is 11.3 Å². The normalized spacial score (nSPS) is 28.0. The van der Waals surface area contributed by atoms with Crippen molar-refractivity contribution < 1.29 is 25.2 Å². The molecule has 2 aliphatic heterocycles. The molecule has 1 saturated heterocycles. The third kappa shape index (κ3) is 1.84. The molecule has 0 saturated carbocycles. The average Bonchev–Trinajstić information content (AvgIpc) is 3.35. The summed E-state index contributed by atoms with van der Waals surface area (Å²) >= 11 is 0.936. The van der Waals surface area contributed by atoms with E-state index in [1.165, 1.54) is 4.57 Å². The maximum atomic E-state index is 11.1. The molecule has 3 atom stereocenters. The maximum Gasteiger partial charge on any atom is 0.215 e. The minimum absolute atomic E-state index is 0.175. The number of ether oxygens (including phenoxy) is 1. The van der Waals surface area contributed by atoms with Gasteiger partial charge in [0.05, 0.1) is 41.2 Å². The zero-order chi connectivity index (χ0) is 19.8. The smallest absolute Gasteiger partial charge is 0.215 e. The number of fused-ring (bicyclic) bond motifs is 6. The van der Waals surface area contributed by atoms with Crippen LogP contribution < -0.4 is 0 Å². The summed E-state index contributed by atoms with van der Waals surface area (Å²) in [4.78, 5) is 3.43. The molecule has 0 aliphatic carbocycles. The second-order valence-corrected chi connectivity index (χ2v) is 7.84. The third-order valence-corrected chi connectivity index (χ3v) is 6.42. The van der Waals surface area contributed by atoms with Crippen molar-refractivity contribution in [1.29, 1.82) is 0 Å². The summed E-state index contributed by atoms with van der Waals surface area (Å²) in [5, 5.41) is 42.2. The zero-order valence-electron chi connectivity index (χ0n) is 14.7. The van der Waals surface area contributed by atoms with E-state index in [-0.39, 0.29) is 31.2 Å². The van der Waals surface area contributed by atoms with Gasteiger partial charge in [-0.25, -0.2) is 9.41 Å². The number of aromatic nitrogens is 3. The Morgan fingerprint density at radius 1 is 1.29 bits per heavy atom. The number of rotatable bonds is 3. The molecule has 2 unspecified atom stereocenters. The van der Waals surface area contributed by atoms with Gasteiger partial charge in [-0.1, -0.05) is 6.07 Å². The summed E-state index contributed by atoms with van der Waals surface area (Å²) < 4.78 is 15.7. The van der Waals surface area contributed by atoms with Crippen LogP contribution >= 0.6 is 11.7 Å². The van der Waals surface area contributed by atoms with Gasteiger partial charge in [-0.05, 0) is 13.0 Å². The number of aliphatic hydroxyl groups is 2. The van der Waals surface area contributed by atoms with Crippen LogP contribution in [-0.2, 0) is 15.9 Å². The molecule has 2 bridgehead atoms. The summed E-state index contributed by atoms with van der Waals surface area (Å²) in [6.07, 6.45) is -0.509. The number of benzene rings is 1. The number of aromatic hydroxyl groups is 2. The fourth-order valence-electron chi connectivity index (χ4n) is 4.64. The lowest BCUT2D eigenvalue weighted by Crippen LogP contribution is -2.33. The minimum atomic E-state index is -1.20. The van der Waals surface area contributed by atoms with Crippen LogP contribution in [0.5, 0.6) is 11.8 Å². The lowest BCUT2D eigenvalue weighted by atomic mass is 9.76. The number of hydrogen-bond donors (Lipinski definition) is 4. The van der Waals surface area contributed by atoms with Gasteiger partial charge in [0, 0.05) is 19.4 Å². The molecular formula is C18H16N4O5S. The standard InChI is InChI=1S/C18H16N4O5S/c1-17-10(24)7-18(27-17,5-6-23)12-11(17)15(25)22(16(12)26)9-4-3-8(19-2)13-14(9)21-28-20-13/h3-4,10,23-26H,5-7H2,1H3/t10-,17?,18?/m1/s1. The molecule has 1 aromatic carbocycles. The maximum absolute atomic E-state index is 11.1. The monoisotopic (exact) mass is 400 g/mol. The molecule has 4 N–H and O–H groups in total. The van der Waals surface area contributed by atoms with Crippen LogP contribution in [0.1, 0.15) is 30.9 Å². The average molecular weight is 400 g/mol. The van der Waals surface area contributed by atoms with Gasteiger partial charge in [0.2, 0.25) is 17.4 Å². The second kappa shape index (κ2) is 5.42. The van der Waals surface area contributed by atoms with E-state index in [0.717, 1.165) is 11.7 Å². The van der Waals surface area contributed by atoms with Crippen molar-refractivity contribution in [3.63, 3.8) is 0 Å². The van der Waals surface area contributed by atoms with Crippen molar-refractivity contribution in [1.82, 2.24) is 13.3 Å². The summed E-state index contributed by atoms with van der Waals surface area (Å²) in [6.45, 7) is 8.73. The van der Waals surface area contributed by atoms with Gasteiger partial charge in [-0.15, -0.1) is 0 Å². The Morgan fingerprint density at radius 3 is 2.71 bits per heavy atom. The first-order valence-corrected chi connectivity index (χ1v) is 9.41. The van der Waals surface area contributed by atoms with Crippen LogP contribution in [0.3, 0.4) is 0 Å². The first kappa shape index (κ1) is 17.4. The minimum Gasteiger partial charge on any atom is -0.494 e. The highest BCUT2D eigenvalue weighted by Gasteiger charge is 2.65. The third-order valence-electron chi connectivity index (χ3n) is 5.89. The van der Waals surface area contributed by atoms with Crippen molar-refractivity contribution in [2.75, 3.05) is 6.61 Å². The molecule has 0 radical (unpaired) electrons. The first-order chi connectivity index (χ1) is 13.4. The summed E-state index contributed by atoms with van der Waals surface area (Å²) in [6, 6.07) is 3.15. The van der Waals surface area contributed by atoms with Crippen molar-refractivity contribution in [2.45, 2.75) is 37.1 Å².